The smallest absolute Gasteiger partial charge is 0.182 e. The van der Waals surface area contributed by atoms with E-state index in [2.05, 4.69) is 37.3 Å². The fourth-order valence-electron chi connectivity index (χ4n) is 3.90. The van der Waals surface area contributed by atoms with E-state index in [1.807, 2.05) is 67.1 Å². The SMILES string of the molecule is CC1=CC(c2nc3ccccc3nc2-n2nc(C)cc2C)=N[N+]1(C)c1ccccc1. The van der Waals surface area contributed by atoms with E-state index in [0.29, 0.717) is 10.4 Å². The van der Waals surface area contributed by atoms with Crippen molar-refractivity contribution in [2.24, 2.45) is 5.10 Å². The zero-order valence-corrected chi connectivity index (χ0v) is 17.5. The van der Waals surface area contributed by atoms with Gasteiger partial charge in [-0.3, -0.25) is 0 Å². The predicted octanol–water partition coefficient (Wildman–Crippen LogP) is 4.69. The first kappa shape index (κ1) is 18.4. The van der Waals surface area contributed by atoms with Crippen LogP contribution in [0.15, 0.2) is 77.5 Å². The van der Waals surface area contributed by atoms with Crippen LogP contribution in [0.25, 0.3) is 16.9 Å². The molecule has 6 heteroatoms. The molecule has 148 valence electrons. The van der Waals surface area contributed by atoms with Gasteiger partial charge in [-0.2, -0.15) is 5.10 Å². The van der Waals surface area contributed by atoms with E-state index in [4.69, 9.17) is 15.1 Å². The number of para-hydroxylation sites is 3. The highest BCUT2D eigenvalue weighted by molar-refractivity contribution is 6.12. The third kappa shape index (κ3) is 2.84. The third-order valence-corrected chi connectivity index (χ3v) is 5.60. The van der Waals surface area contributed by atoms with Gasteiger partial charge in [0.05, 0.1) is 16.7 Å². The van der Waals surface area contributed by atoms with Gasteiger partial charge in [-0.05, 0) is 32.0 Å². The number of fused-ring (bicyclic) bond motifs is 1. The van der Waals surface area contributed by atoms with Crippen molar-refractivity contribution >= 4 is 22.4 Å². The van der Waals surface area contributed by atoms with Gasteiger partial charge in [-0.1, -0.05) is 35.4 Å². The minimum atomic E-state index is 0.362. The molecule has 1 aliphatic rings. The van der Waals surface area contributed by atoms with Crippen molar-refractivity contribution in [1.82, 2.24) is 24.3 Å². The van der Waals surface area contributed by atoms with Crippen LogP contribution in [-0.2, 0) is 0 Å². The molecule has 0 fully saturated rings. The van der Waals surface area contributed by atoms with E-state index in [9.17, 15) is 0 Å². The topological polar surface area (TPSA) is 56.0 Å². The van der Waals surface area contributed by atoms with Crippen LogP contribution in [0.5, 0.6) is 0 Å². The summed E-state index contributed by atoms with van der Waals surface area (Å²) >= 11 is 0. The van der Waals surface area contributed by atoms with E-state index in [-0.39, 0.29) is 0 Å². The Hall–Kier alpha value is -3.64. The van der Waals surface area contributed by atoms with E-state index < -0.39 is 0 Å². The molecule has 4 aromatic rings. The summed E-state index contributed by atoms with van der Waals surface area (Å²) in [6.45, 7) is 6.11. The van der Waals surface area contributed by atoms with Gasteiger partial charge in [0, 0.05) is 30.8 Å². The molecular weight excluding hydrogens is 372 g/mol. The highest BCUT2D eigenvalue weighted by Crippen LogP contribution is 2.33. The standard InChI is InChI=1S/C24H23N6/c1-16-14-17(2)29(27-16)24-23(25-20-12-8-9-13-21(20)26-24)22-15-18(3)30(4,28-22)19-10-6-5-7-11-19/h5-15H,1-4H3/q+1. The summed E-state index contributed by atoms with van der Waals surface area (Å²) in [4.78, 5) is 9.90. The predicted molar refractivity (Wildman–Crippen MR) is 121 cm³/mol. The molecular formula is C24H23N6+. The zero-order chi connectivity index (χ0) is 20.9. The Labute approximate surface area is 175 Å². The number of nitrogens with zero attached hydrogens (tertiary/aromatic N) is 6. The fraction of sp³-hybridized carbons (Fsp3) is 0.167. The summed E-state index contributed by atoms with van der Waals surface area (Å²) in [7, 11) is 2.09. The molecule has 2 aromatic heterocycles. The summed E-state index contributed by atoms with van der Waals surface area (Å²) in [5.41, 5.74) is 7.39. The molecule has 0 saturated carbocycles. The van der Waals surface area contributed by atoms with Crippen LogP contribution in [0.4, 0.5) is 5.69 Å². The molecule has 3 heterocycles. The van der Waals surface area contributed by atoms with Crippen LogP contribution in [-0.4, -0.2) is 32.5 Å². The summed E-state index contributed by atoms with van der Waals surface area (Å²) in [5, 5.41) is 9.76. The molecule has 1 atom stereocenters. The number of hydrogen-bond acceptors (Lipinski definition) is 4. The maximum Gasteiger partial charge on any atom is 0.182 e. The molecule has 0 saturated heterocycles. The van der Waals surface area contributed by atoms with Crippen LogP contribution >= 0.6 is 0 Å². The van der Waals surface area contributed by atoms with Crippen molar-refractivity contribution in [3.8, 4) is 5.82 Å². The second-order valence-electron chi connectivity index (χ2n) is 7.79. The highest BCUT2D eigenvalue weighted by atomic mass is 15.6. The second kappa shape index (κ2) is 6.71. The quantitative estimate of drug-likeness (QED) is 0.473. The Morgan fingerprint density at radius 3 is 2.17 bits per heavy atom. The van der Waals surface area contributed by atoms with Gasteiger partial charge in [0.1, 0.15) is 18.4 Å². The van der Waals surface area contributed by atoms with E-state index >= 15 is 0 Å². The normalized spacial score (nSPS) is 18.5. The molecule has 0 aliphatic carbocycles. The van der Waals surface area contributed by atoms with E-state index in [1.165, 1.54) is 0 Å². The monoisotopic (exact) mass is 395 g/mol. The maximum atomic E-state index is 5.09. The Balaban J connectivity index is 1.76. The van der Waals surface area contributed by atoms with Crippen molar-refractivity contribution in [3.05, 3.63) is 89.5 Å². The van der Waals surface area contributed by atoms with Crippen LogP contribution in [0.3, 0.4) is 0 Å². The molecule has 6 nitrogen and oxygen atoms in total. The van der Waals surface area contributed by atoms with Gasteiger partial charge >= 0.3 is 0 Å². The molecule has 2 aromatic carbocycles. The maximum absolute atomic E-state index is 5.09. The van der Waals surface area contributed by atoms with Crippen LogP contribution in [0, 0.1) is 13.8 Å². The average molecular weight is 395 g/mol. The molecule has 0 N–H and O–H groups in total. The number of rotatable bonds is 3. The lowest BCUT2D eigenvalue weighted by atomic mass is 10.2. The largest absolute Gasteiger partial charge is 0.240 e. The van der Waals surface area contributed by atoms with Crippen LogP contribution < -0.4 is 4.59 Å². The van der Waals surface area contributed by atoms with Crippen molar-refractivity contribution in [3.63, 3.8) is 0 Å². The van der Waals surface area contributed by atoms with Gasteiger partial charge < -0.3 is 0 Å². The highest BCUT2D eigenvalue weighted by Gasteiger charge is 2.36. The van der Waals surface area contributed by atoms with Gasteiger partial charge in [-0.25, -0.2) is 14.6 Å². The molecule has 1 aliphatic heterocycles. The van der Waals surface area contributed by atoms with Crippen molar-refractivity contribution in [1.29, 1.82) is 0 Å². The first-order valence-corrected chi connectivity index (χ1v) is 9.98. The fourth-order valence-corrected chi connectivity index (χ4v) is 3.90. The van der Waals surface area contributed by atoms with E-state index in [0.717, 1.165) is 45.2 Å². The number of allylic oxidation sites excluding steroid dienone is 2. The Morgan fingerprint density at radius 2 is 1.50 bits per heavy atom. The average Bonchev–Trinajstić information content (AvgIpc) is 3.26. The number of hydrogen-bond donors (Lipinski definition) is 0. The first-order chi connectivity index (χ1) is 14.5. The van der Waals surface area contributed by atoms with Gasteiger partial charge in [0.15, 0.2) is 17.2 Å². The van der Waals surface area contributed by atoms with E-state index in [1.54, 1.807) is 0 Å². The zero-order valence-electron chi connectivity index (χ0n) is 17.5. The summed E-state index contributed by atoms with van der Waals surface area (Å²) in [6.07, 6.45) is 2.10. The van der Waals surface area contributed by atoms with Gasteiger partial charge in [-0.15, -0.1) is 4.59 Å². The van der Waals surface area contributed by atoms with Crippen LogP contribution in [0.1, 0.15) is 24.0 Å². The molecule has 5 rings (SSSR count). The minimum Gasteiger partial charge on any atom is -0.240 e. The van der Waals surface area contributed by atoms with Gasteiger partial charge in [0.25, 0.3) is 0 Å². The number of quaternary nitrogens is 1. The van der Waals surface area contributed by atoms with Crippen molar-refractivity contribution < 1.29 is 0 Å². The first-order valence-electron chi connectivity index (χ1n) is 9.98. The molecule has 0 bridgehead atoms. The number of benzene rings is 2. The molecule has 0 spiro atoms. The molecule has 0 radical (unpaired) electrons. The Bertz CT molecular complexity index is 1330. The Kier molecular flexibility index (Phi) is 4.11. The number of aromatic nitrogens is 4. The lowest BCUT2D eigenvalue weighted by molar-refractivity contribution is 0.445. The van der Waals surface area contributed by atoms with Crippen molar-refractivity contribution in [2.75, 3.05) is 7.05 Å². The summed E-state index contributed by atoms with van der Waals surface area (Å²) in [5.74, 6) is 0.698. The molecule has 0 amide bonds. The lowest BCUT2D eigenvalue weighted by Gasteiger charge is -2.24. The minimum absolute atomic E-state index is 0.362. The summed E-state index contributed by atoms with van der Waals surface area (Å²) < 4.78 is 2.22. The third-order valence-electron chi connectivity index (χ3n) is 5.60. The lowest BCUT2D eigenvalue weighted by Crippen LogP contribution is -2.34. The summed E-state index contributed by atoms with van der Waals surface area (Å²) in [6, 6.07) is 20.2. The Morgan fingerprint density at radius 1 is 0.833 bits per heavy atom. The molecule has 30 heavy (non-hydrogen) atoms. The van der Waals surface area contributed by atoms with Gasteiger partial charge in [0.2, 0.25) is 0 Å². The van der Waals surface area contributed by atoms with Crippen molar-refractivity contribution in [2.45, 2.75) is 20.8 Å². The molecule has 1 unspecified atom stereocenters. The van der Waals surface area contributed by atoms with Crippen LogP contribution in [0.2, 0.25) is 0 Å². The second-order valence-corrected chi connectivity index (χ2v) is 7.79. The number of aryl methyl sites for hydroxylation is 2.